The second-order valence-electron chi connectivity index (χ2n) is 10.1. The zero-order valence-electron chi connectivity index (χ0n) is 19.9. The monoisotopic (exact) mass is 437 g/mol. The van der Waals surface area contributed by atoms with Crippen LogP contribution in [0.25, 0.3) is 0 Å². The number of nitrogens with one attached hydrogen (secondary N) is 1. The lowest BCUT2D eigenvalue weighted by Crippen LogP contribution is -2.61. The van der Waals surface area contributed by atoms with E-state index < -0.39 is 23.0 Å². The van der Waals surface area contributed by atoms with Crippen LogP contribution in [0.15, 0.2) is 24.3 Å². The van der Waals surface area contributed by atoms with Crippen LogP contribution in [-0.4, -0.2) is 42.9 Å². The Bertz CT molecular complexity index is 672. The Balaban J connectivity index is 1.93. The molecule has 6 heteroatoms. The molecule has 0 aliphatic carbocycles. The molecule has 31 heavy (non-hydrogen) atoms. The molecule has 1 aliphatic rings. The Kier molecular flexibility index (Phi) is 9.31. The molecule has 0 unspecified atom stereocenters. The zero-order chi connectivity index (χ0) is 23.0. The molecule has 0 aromatic heterocycles. The van der Waals surface area contributed by atoms with Gasteiger partial charge in [0.25, 0.3) is 0 Å². The van der Waals surface area contributed by atoms with Crippen LogP contribution in [0.5, 0.6) is 0 Å². The van der Waals surface area contributed by atoms with Crippen molar-refractivity contribution in [2.45, 2.75) is 96.5 Å². The van der Waals surface area contributed by atoms with Crippen molar-refractivity contribution in [2.24, 2.45) is 0 Å². The molecule has 5 nitrogen and oxygen atoms in total. The molecule has 1 amide bonds. The maximum Gasteiger partial charge on any atom is 0.408 e. The standard InChI is InChI=1S/C25H40FNO4/c1-23(2,3)31-22(28)27-25(18-29-24(4,5)30-19-25)16-15-21-13-11-20(12-14-21)10-8-6-7-9-17-26/h11-14H,6-10,15-19H2,1-5H3,(H,27,28). The summed E-state index contributed by atoms with van der Waals surface area (Å²) in [5, 5.41) is 3.02. The van der Waals surface area contributed by atoms with Crippen LogP contribution < -0.4 is 5.32 Å². The van der Waals surface area contributed by atoms with E-state index in [1.54, 1.807) is 0 Å². The number of aryl methyl sites for hydroxylation is 2. The van der Waals surface area contributed by atoms with Crippen LogP contribution in [-0.2, 0) is 27.1 Å². The second-order valence-corrected chi connectivity index (χ2v) is 10.1. The molecule has 0 atom stereocenters. The summed E-state index contributed by atoms with van der Waals surface area (Å²) in [7, 11) is 0. The highest BCUT2D eigenvalue weighted by atomic mass is 19.1. The number of ether oxygens (including phenoxy) is 3. The van der Waals surface area contributed by atoms with Crippen molar-refractivity contribution in [2.75, 3.05) is 19.9 Å². The van der Waals surface area contributed by atoms with Gasteiger partial charge in [0.05, 0.1) is 25.4 Å². The van der Waals surface area contributed by atoms with Gasteiger partial charge in [-0.15, -0.1) is 0 Å². The number of alkyl halides is 1. The van der Waals surface area contributed by atoms with Gasteiger partial charge in [-0.2, -0.15) is 0 Å². The molecular weight excluding hydrogens is 397 g/mol. The maximum atomic E-state index is 12.5. The molecule has 0 bridgehead atoms. The summed E-state index contributed by atoms with van der Waals surface area (Å²) >= 11 is 0. The third-order valence-corrected chi connectivity index (χ3v) is 5.42. The average molecular weight is 438 g/mol. The smallest absolute Gasteiger partial charge is 0.408 e. The minimum Gasteiger partial charge on any atom is -0.444 e. The van der Waals surface area contributed by atoms with Gasteiger partial charge in [0.15, 0.2) is 5.79 Å². The van der Waals surface area contributed by atoms with Crippen LogP contribution in [0.4, 0.5) is 9.18 Å². The van der Waals surface area contributed by atoms with Gasteiger partial charge in [-0.3, -0.25) is 4.39 Å². The third-order valence-electron chi connectivity index (χ3n) is 5.42. The van der Waals surface area contributed by atoms with Gasteiger partial charge in [0.1, 0.15) is 5.60 Å². The molecular formula is C25H40FNO4. The Labute approximate surface area is 187 Å². The number of carbonyl (C=O) groups excluding carboxylic acids is 1. The normalized spacial score (nSPS) is 17.9. The van der Waals surface area contributed by atoms with E-state index in [0.29, 0.717) is 26.1 Å². The molecule has 1 heterocycles. The molecule has 1 fully saturated rings. The molecule has 1 saturated heterocycles. The fraction of sp³-hybridized carbons (Fsp3) is 0.720. The Morgan fingerprint density at radius 1 is 1.00 bits per heavy atom. The third kappa shape index (κ3) is 9.56. The first-order valence-electron chi connectivity index (χ1n) is 11.5. The molecule has 0 radical (unpaired) electrons. The summed E-state index contributed by atoms with van der Waals surface area (Å²) in [5.41, 5.74) is 1.31. The first-order valence-corrected chi connectivity index (χ1v) is 11.5. The number of benzene rings is 1. The quantitative estimate of drug-likeness (QED) is 0.474. The zero-order valence-corrected chi connectivity index (χ0v) is 19.9. The number of rotatable bonds is 10. The maximum absolute atomic E-state index is 12.5. The van der Waals surface area contributed by atoms with Crippen LogP contribution in [0.1, 0.15) is 77.8 Å². The summed E-state index contributed by atoms with van der Waals surface area (Å²) in [4.78, 5) is 12.5. The predicted octanol–water partition coefficient (Wildman–Crippen LogP) is 5.74. The lowest BCUT2D eigenvalue weighted by Gasteiger charge is -2.44. The van der Waals surface area contributed by atoms with Crippen molar-refractivity contribution in [3.63, 3.8) is 0 Å². The van der Waals surface area contributed by atoms with Crippen LogP contribution >= 0.6 is 0 Å². The second kappa shape index (κ2) is 11.3. The molecule has 1 aromatic rings. The van der Waals surface area contributed by atoms with Gasteiger partial charge in [-0.25, -0.2) is 4.79 Å². The van der Waals surface area contributed by atoms with Gasteiger partial charge >= 0.3 is 6.09 Å². The summed E-state index contributed by atoms with van der Waals surface area (Å²) in [5.74, 6) is -0.662. The summed E-state index contributed by atoms with van der Waals surface area (Å²) in [6.07, 6.45) is 5.83. The van der Waals surface area contributed by atoms with Crippen molar-refractivity contribution >= 4 is 6.09 Å². The Hall–Kier alpha value is -1.66. The molecule has 1 aliphatic heterocycles. The highest BCUT2D eigenvalue weighted by molar-refractivity contribution is 5.69. The van der Waals surface area contributed by atoms with Crippen molar-refractivity contribution < 1.29 is 23.4 Å². The molecule has 1 N–H and O–H groups in total. The van der Waals surface area contributed by atoms with Crippen molar-refractivity contribution in [1.29, 1.82) is 0 Å². The predicted molar refractivity (Wildman–Crippen MR) is 121 cm³/mol. The number of carbonyl (C=O) groups is 1. The number of alkyl carbamates (subject to hydrolysis) is 1. The number of unbranched alkanes of at least 4 members (excludes halogenated alkanes) is 3. The topological polar surface area (TPSA) is 56.8 Å². The fourth-order valence-electron chi connectivity index (χ4n) is 3.54. The SMILES string of the molecule is CC(C)(C)OC(=O)NC1(CCc2ccc(CCCCCCF)cc2)COC(C)(C)OC1. The molecule has 1 aromatic carbocycles. The van der Waals surface area contributed by atoms with E-state index in [-0.39, 0.29) is 6.67 Å². The number of halogens is 1. The van der Waals surface area contributed by atoms with Crippen molar-refractivity contribution in [1.82, 2.24) is 5.32 Å². The van der Waals surface area contributed by atoms with E-state index in [1.807, 2.05) is 34.6 Å². The van der Waals surface area contributed by atoms with Gasteiger partial charge in [-0.1, -0.05) is 37.1 Å². The molecule has 0 saturated carbocycles. The van der Waals surface area contributed by atoms with E-state index >= 15 is 0 Å². The van der Waals surface area contributed by atoms with Crippen molar-refractivity contribution in [3.05, 3.63) is 35.4 Å². The van der Waals surface area contributed by atoms with Crippen LogP contribution in [0.3, 0.4) is 0 Å². The van der Waals surface area contributed by atoms with Gasteiger partial charge in [0.2, 0.25) is 0 Å². The van der Waals surface area contributed by atoms with E-state index in [1.165, 1.54) is 11.1 Å². The Morgan fingerprint density at radius 2 is 1.55 bits per heavy atom. The lowest BCUT2D eigenvalue weighted by molar-refractivity contribution is -0.271. The summed E-state index contributed by atoms with van der Waals surface area (Å²) < 4.78 is 29.4. The highest BCUT2D eigenvalue weighted by Gasteiger charge is 2.41. The van der Waals surface area contributed by atoms with Gasteiger partial charge in [0, 0.05) is 0 Å². The molecule has 2 rings (SSSR count). The van der Waals surface area contributed by atoms with Gasteiger partial charge < -0.3 is 19.5 Å². The van der Waals surface area contributed by atoms with E-state index in [0.717, 1.165) is 32.1 Å². The minimum absolute atomic E-state index is 0.216. The number of amides is 1. The highest BCUT2D eigenvalue weighted by Crippen LogP contribution is 2.28. The van der Waals surface area contributed by atoms with Crippen molar-refractivity contribution in [3.8, 4) is 0 Å². The van der Waals surface area contributed by atoms with E-state index in [4.69, 9.17) is 14.2 Å². The minimum atomic E-state index is -0.662. The largest absolute Gasteiger partial charge is 0.444 e. The number of hydrogen-bond acceptors (Lipinski definition) is 4. The number of hydrogen-bond donors (Lipinski definition) is 1. The lowest BCUT2D eigenvalue weighted by atomic mass is 9.91. The van der Waals surface area contributed by atoms with Crippen LogP contribution in [0, 0.1) is 0 Å². The van der Waals surface area contributed by atoms with E-state index in [2.05, 4.69) is 29.6 Å². The van der Waals surface area contributed by atoms with Crippen LogP contribution in [0.2, 0.25) is 0 Å². The summed E-state index contributed by atoms with van der Waals surface area (Å²) in [6, 6.07) is 8.62. The van der Waals surface area contributed by atoms with E-state index in [9.17, 15) is 9.18 Å². The average Bonchev–Trinajstić information content (AvgIpc) is 2.68. The summed E-state index contributed by atoms with van der Waals surface area (Å²) in [6.45, 7) is 9.82. The fourth-order valence-corrected chi connectivity index (χ4v) is 3.54. The van der Waals surface area contributed by atoms with Gasteiger partial charge in [-0.05, 0) is 77.8 Å². The first kappa shape index (κ1) is 25.6. The first-order chi connectivity index (χ1) is 14.5. The molecule has 176 valence electrons. The Morgan fingerprint density at radius 3 is 2.10 bits per heavy atom. The molecule has 0 spiro atoms.